The highest BCUT2D eigenvalue weighted by atomic mass is 16.5. The van der Waals surface area contributed by atoms with Crippen molar-refractivity contribution < 1.29 is 4.52 Å². The van der Waals surface area contributed by atoms with Crippen LogP contribution in [0.4, 0.5) is 0 Å². The maximum atomic E-state index is 5.14. The van der Waals surface area contributed by atoms with Crippen molar-refractivity contribution >= 4 is 0 Å². The van der Waals surface area contributed by atoms with Crippen LogP contribution in [0.25, 0.3) is 11.6 Å². The van der Waals surface area contributed by atoms with Crippen LogP contribution in [-0.4, -0.2) is 33.2 Å². The monoisotopic (exact) mass is 233 g/mol. The summed E-state index contributed by atoms with van der Waals surface area (Å²) in [6.07, 6.45) is 4.15. The van der Waals surface area contributed by atoms with Crippen LogP contribution in [-0.2, 0) is 6.42 Å². The van der Waals surface area contributed by atoms with Gasteiger partial charge in [-0.15, -0.1) is 0 Å². The van der Waals surface area contributed by atoms with E-state index < -0.39 is 0 Å². The van der Waals surface area contributed by atoms with Gasteiger partial charge in [-0.25, -0.2) is 9.97 Å². The van der Waals surface area contributed by atoms with Crippen LogP contribution in [0.3, 0.4) is 0 Å². The number of hydrogen-bond acceptors (Lipinski definition) is 6. The van der Waals surface area contributed by atoms with Gasteiger partial charge in [-0.2, -0.15) is 4.98 Å². The van der Waals surface area contributed by atoms with Crippen molar-refractivity contribution in [2.45, 2.75) is 26.3 Å². The largest absolute Gasteiger partial charge is 0.339 e. The number of nitrogens with zero attached hydrogens (tertiary/aromatic N) is 4. The number of hydrogen-bond donors (Lipinski definition) is 1. The lowest BCUT2D eigenvalue weighted by molar-refractivity contribution is 0.365. The number of rotatable bonds is 4. The van der Waals surface area contributed by atoms with Gasteiger partial charge in [0, 0.05) is 24.9 Å². The van der Waals surface area contributed by atoms with E-state index >= 15 is 0 Å². The molecule has 1 unspecified atom stereocenters. The minimum atomic E-state index is 0.294. The van der Waals surface area contributed by atoms with Crippen molar-refractivity contribution in [2.24, 2.45) is 0 Å². The van der Waals surface area contributed by atoms with E-state index in [0.29, 0.717) is 30.0 Å². The third-order valence-corrected chi connectivity index (χ3v) is 2.42. The molecule has 1 atom stereocenters. The molecule has 1 N–H and O–H groups in total. The zero-order chi connectivity index (χ0) is 12.3. The highest BCUT2D eigenvalue weighted by Crippen LogP contribution is 2.11. The molecule has 6 nitrogen and oxygen atoms in total. The Labute approximate surface area is 99.5 Å². The average Bonchev–Trinajstić information content (AvgIpc) is 2.78. The molecule has 0 spiro atoms. The van der Waals surface area contributed by atoms with Gasteiger partial charge in [0.25, 0.3) is 0 Å². The number of aryl methyl sites for hydroxylation is 1. The molecule has 2 rings (SSSR count). The Morgan fingerprint density at radius 1 is 1.29 bits per heavy atom. The van der Waals surface area contributed by atoms with Crippen molar-refractivity contribution in [3.8, 4) is 11.6 Å². The van der Waals surface area contributed by atoms with Gasteiger partial charge < -0.3 is 9.84 Å². The van der Waals surface area contributed by atoms with E-state index in [1.165, 1.54) is 0 Å². The lowest BCUT2D eigenvalue weighted by atomic mass is 10.2. The average molecular weight is 233 g/mol. The Hall–Kier alpha value is -1.82. The van der Waals surface area contributed by atoms with Gasteiger partial charge in [0.1, 0.15) is 0 Å². The van der Waals surface area contributed by atoms with Crippen LogP contribution in [0.2, 0.25) is 0 Å². The van der Waals surface area contributed by atoms with E-state index in [9.17, 15) is 0 Å². The van der Waals surface area contributed by atoms with E-state index in [1.54, 1.807) is 12.4 Å². The van der Waals surface area contributed by atoms with Gasteiger partial charge in [0.15, 0.2) is 0 Å². The smallest absolute Gasteiger partial charge is 0.240 e. The Balaban J connectivity index is 2.15. The molecule has 0 saturated carbocycles. The first-order valence-electron chi connectivity index (χ1n) is 5.48. The second-order valence-electron chi connectivity index (χ2n) is 3.99. The molecule has 0 bridgehead atoms. The second kappa shape index (κ2) is 5.01. The third kappa shape index (κ3) is 2.85. The Bertz CT molecular complexity index is 479. The summed E-state index contributed by atoms with van der Waals surface area (Å²) in [6, 6.07) is 0.294. The summed E-state index contributed by atoms with van der Waals surface area (Å²) in [7, 11) is 1.89. The molecule has 90 valence electrons. The Morgan fingerprint density at radius 2 is 2.00 bits per heavy atom. The van der Waals surface area contributed by atoms with Crippen LogP contribution in [0.5, 0.6) is 0 Å². The molecule has 2 aromatic heterocycles. The minimum Gasteiger partial charge on any atom is -0.339 e. The van der Waals surface area contributed by atoms with E-state index in [0.717, 1.165) is 5.56 Å². The standard InChI is InChI=1S/C11H15N5O/c1-7-5-13-10(14-6-7)11-15-9(17-16-11)4-8(2)12-3/h5-6,8,12H,4H2,1-3H3. The Kier molecular flexibility index (Phi) is 3.43. The summed E-state index contributed by atoms with van der Waals surface area (Å²) in [4.78, 5) is 12.6. The first-order chi connectivity index (χ1) is 8.19. The van der Waals surface area contributed by atoms with Crippen LogP contribution in [0, 0.1) is 6.92 Å². The van der Waals surface area contributed by atoms with Crippen LogP contribution >= 0.6 is 0 Å². The van der Waals surface area contributed by atoms with Gasteiger partial charge in [0.2, 0.25) is 17.5 Å². The van der Waals surface area contributed by atoms with Gasteiger partial charge in [-0.3, -0.25) is 0 Å². The van der Waals surface area contributed by atoms with Gasteiger partial charge in [-0.05, 0) is 26.5 Å². The SMILES string of the molecule is CNC(C)Cc1nc(-c2ncc(C)cn2)no1. The van der Waals surface area contributed by atoms with Crippen LogP contribution in [0.1, 0.15) is 18.4 Å². The summed E-state index contributed by atoms with van der Waals surface area (Å²) in [5.41, 5.74) is 1.00. The third-order valence-electron chi connectivity index (χ3n) is 2.42. The highest BCUT2D eigenvalue weighted by molar-refractivity contribution is 5.40. The normalized spacial score (nSPS) is 12.6. The summed E-state index contributed by atoms with van der Waals surface area (Å²) < 4.78 is 5.14. The molecule has 2 aromatic rings. The molecule has 0 saturated heterocycles. The van der Waals surface area contributed by atoms with Crippen molar-refractivity contribution in [3.63, 3.8) is 0 Å². The molecular weight excluding hydrogens is 218 g/mol. The first-order valence-corrected chi connectivity index (χ1v) is 5.48. The zero-order valence-electron chi connectivity index (χ0n) is 10.1. The van der Waals surface area contributed by atoms with Crippen molar-refractivity contribution in [1.82, 2.24) is 25.4 Å². The summed E-state index contributed by atoms with van der Waals surface area (Å²) in [6.45, 7) is 3.98. The number of likely N-dealkylation sites (N-methyl/N-ethyl adjacent to an activating group) is 1. The van der Waals surface area contributed by atoms with Gasteiger partial charge >= 0.3 is 0 Å². The second-order valence-corrected chi connectivity index (χ2v) is 3.99. The fourth-order valence-corrected chi connectivity index (χ4v) is 1.30. The van der Waals surface area contributed by atoms with Crippen molar-refractivity contribution in [2.75, 3.05) is 7.05 Å². The molecule has 0 fully saturated rings. The quantitative estimate of drug-likeness (QED) is 0.848. The molecule has 2 heterocycles. The minimum absolute atomic E-state index is 0.294. The molecule has 0 radical (unpaired) electrons. The molecule has 6 heteroatoms. The molecule has 0 amide bonds. The highest BCUT2D eigenvalue weighted by Gasteiger charge is 2.12. The molecule has 0 aliphatic heterocycles. The zero-order valence-corrected chi connectivity index (χ0v) is 10.1. The summed E-state index contributed by atoms with van der Waals surface area (Å²) >= 11 is 0. The maximum Gasteiger partial charge on any atom is 0.240 e. The first kappa shape index (κ1) is 11.7. The summed E-state index contributed by atoms with van der Waals surface area (Å²) in [5, 5.41) is 6.98. The van der Waals surface area contributed by atoms with E-state index in [1.807, 2.05) is 20.9 Å². The van der Waals surface area contributed by atoms with Crippen molar-refractivity contribution in [3.05, 3.63) is 23.8 Å². The number of aromatic nitrogens is 4. The predicted octanol–water partition coefficient (Wildman–Crippen LogP) is 0.985. The maximum absolute atomic E-state index is 5.14. The topological polar surface area (TPSA) is 76.7 Å². The molecule has 17 heavy (non-hydrogen) atoms. The van der Waals surface area contributed by atoms with Crippen LogP contribution in [0.15, 0.2) is 16.9 Å². The van der Waals surface area contributed by atoms with Crippen LogP contribution < -0.4 is 5.32 Å². The molecular formula is C11H15N5O. The number of nitrogens with one attached hydrogen (secondary N) is 1. The molecule has 0 aliphatic carbocycles. The fourth-order valence-electron chi connectivity index (χ4n) is 1.30. The predicted molar refractivity (Wildman–Crippen MR) is 62.3 cm³/mol. The summed E-state index contributed by atoms with van der Waals surface area (Å²) in [5.74, 6) is 1.51. The lowest BCUT2D eigenvalue weighted by Crippen LogP contribution is -2.23. The van der Waals surface area contributed by atoms with E-state index in [2.05, 4.69) is 25.4 Å². The Morgan fingerprint density at radius 3 is 2.65 bits per heavy atom. The van der Waals surface area contributed by atoms with E-state index in [-0.39, 0.29) is 0 Å². The van der Waals surface area contributed by atoms with Crippen molar-refractivity contribution in [1.29, 1.82) is 0 Å². The molecule has 0 aliphatic rings. The van der Waals surface area contributed by atoms with Gasteiger partial charge in [0.05, 0.1) is 0 Å². The van der Waals surface area contributed by atoms with Gasteiger partial charge in [-0.1, -0.05) is 5.16 Å². The molecule has 0 aromatic carbocycles. The fraction of sp³-hybridized carbons (Fsp3) is 0.455. The van der Waals surface area contributed by atoms with E-state index in [4.69, 9.17) is 4.52 Å². The lowest BCUT2D eigenvalue weighted by Gasteiger charge is -2.04.